The van der Waals surface area contributed by atoms with Gasteiger partial charge >= 0.3 is 0 Å². The Morgan fingerprint density at radius 1 is 1.20 bits per heavy atom. The van der Waals surface area contributed by atoms with Crippen LogP contribution in [0.3, 0.4) is 0 Å². The van der Waals surface area contributed by atoms with Gasteiger partial charge in [0.2, 0.25) is 11.8 Å². The van der Waals surface area contributed by atoms with Crippen molar-refractivity contribution in [2.24, 2.45) is 5.41 Å². The summed E-state index contributed by atoms with van der Waals surface area (Å²) in [7, 11) is 0. The number of piperazine rings is 1. The van der Waals surface area contributed by atoms with Crippen LogP contribution in [0.15, 0.2) is 30.3 Å². The first-order valence-corrected chi connectivity index (χ1v) is 6.96. The quantitative estimate of drug-likeness (QED) is 0.898. The average molecular weight is 274 g/mol. The maximum Gasteiger partial charge on any atom is 0.247 e. The molecule has 1 fully saturated rings. The van der Waals surface area contributed by atoms with Gasteiger partial charge in [0.15, 0.2) is 0 Å². The van der Waals surface area contributed by atoms with Crippen LogP contribution >= 0.6 is 0 Å². The summed E-state index contributed by atoms with van der Waals surface area (Å²) in [5.41, 5.74) is 0.773. The third kappa shape index (κ3) is 2.69. The largest absolute Gasteiger partial charge is 0.345 e. The van der Waals surface area contributed by atoms with Gasteiger partial charge < -0.3 is 10.2 Å². The molecule has 1 aromatic carbocycles. The number of nitrogens with one attached hydrogen (secondary N) is 1. The summed E-state index contributed by atoms with van der Waals surface area (Å²) in [4.78, 5) is 26.3. The highest BCUT2D eigenvalue weighted by Gasteiger charge is 2.41. The monoisotopic (exact) mass is 274 g/mol. The molecule has 1 saturated heterocycles. The fourth-order valence-corrected chi connectivity index (χ4v) is 2.43. The number of nitrogens with zero attached hydrogens (tertiary/aromatic N) is 1. The second kappa shape index (κ2) is 5.27. The molecule has 1 N–H and O–H groups in total. The number of rotatable bonds is 2. The van der Waals surface area contributed by atoms with Crippen molar-refractivity contribution >= 4 is 11.8 Å². The molecule has 1 aliphatic rings. The highest BCUT2D eigenvalue weighted by atomic mass is 16.2. The molecule has 1 heterocycles. The Bertz CT molecular complexity index is 505. The van der Waals surface area contributed by atoms with E-state index in [9.17, 15) is 9.59 Å². The van der Waals surface area contributed by atoms with E-state index in [1.165, 1.54) is 0 Å². The summed E-state index contributed by atoms with van der Waals surface area (Å²) in [6.45, 7) is 8.34. The van der Waals surface area contributed by atoms with Crippen molar-refractivity contribution in [1.82, 2.24) is 10.2 Å². The highest BCUT2D eigenvalue weighted by Crippen LogP contribution is 2.33. The van der Waals surface area contributed by atoms with Crippen molar-refractivity contribution in [2.45, 2.75) is 39.8 Å². The SMILES string of the molecule is CC(N1C(=O)CNC(=O)C1c1ccccc1)C(C)(C)C. The van der Waals surface area contributed by atoms with Gasteiger partial charge in [0.05, 0.1) is 6.54 Å². The van der Waals surface area contributed by atoms with E-state index in [4.69, 9.17) is 0 Å². The Morgan fingerprint density at radius 3 is 2.35 bits per heavy atom. The number of carbonyl (C=O) groups is 2. The van der Waals surface area contributed by atoms with Crippen LogP contribution in [0.4, 0.5) is 0 Å². The zero-order valence-corrected chi connectivity index (χ0v) is 12.5. The first kappa shape index (κ1) is 14.6. The Kier molecular flexibility index (Phi) is 3.84. The van der Waals surface area contributed by atoms with Gasteiger partial charge in [-0.25, -0.2) is 0 Å². The van der Waals surface area contributed by atoms with Crippen LogP contribution in [0.1, 0.15) is 39.3 Å². The topological polar surface area (TPSA) is 49.4 Å². The summed E-state index contributed by atoms with van der Waals surface area (Å²) in [6.07, 6.45) is 0. The van der Waals surface area contributed by atoms with Crippen molar-refractivity contribution in [1.29, 1.82) is 0 Å². The predicted octanol–water partition coefficient (Wildman–Crippen LogP) is 2.12. The highest BCUT2D eigenvalue weighted by molar-refractivity contribution is 5.95. The van der Waals surface area contributed by atoms with Crippen LogP contribution < -0.4 is 5.32 Å². The van der Waals surface area contributed by atoms with Crippen LogP contribution in [-0.2, 0) is 9.59 Å². The van der Waals surface area contributed by atoms with E-state index in [2.05, 4.69) is 26.1 Å². The second-order valence-corrected chi connectivity index (χ2v) is 6.37. The Hall–Kier alpha value is -1.84. The van der Waals surface area contributed by atoms with Gasteiger partial charge in [-0.1, -0.05) is 51.1 Å². The molecule has 108 valence electrons. The molecule has 0 aromatic heterocycles. The third-order valence-corrected chi connectivity index (χ3v) is 4.01. The lowest BCUT2D eigenvalue weighted by Gasteiger charge is -2.44. The second-order valence-electron chi connectivity index (χ2n) is 6.37. The molecule has 4 heteroatoms. The molecule has 0 aliphatic carbocycles. The summed E-state index contributed by atoms with van der Waals surface area (Å²) in [5, 5.41) is 2.69. The van der Waals surface area contributed by atoms with Crippen LogP contribution in [0.2, 0.25) is 0 Å². The fraction of sp³-hybridized carbons (Fsp3) is 0.500. The van der Waals surface area contributed by atoms with Crippen LogP contribution in [0, 0.1) is 5.41 Å². The van der Waals surface area contributed by atoms with Gasteiger partial charge in [0.25, 0.3) is 0 Å². The van der Waals surface area contributed by atoms with E-state index in [0.29, 0.717) is 0 Å². The number of hydrogen-bond donors (Lipinski definition) is 1. The van der Waals surface area contributed by atoms with E-state index < -0.39 is 6.04 Å². The Labute approximate surface area is 120 Å². The van der Waals surface area contributed by atoms with Gasteiger partial charge in [0.1, 0.15) is 6.04 Å². The molecular weight excluding hydrogens is 252 g/mol. The molecular formula is C16H22N2O2. The fourth-order valence-electron chi connectivity index (χ4n) is 2.43. The maximum absolute atomic E-state index is 12.3. The van der Waals surface area contributed by atoms with E-state index in [0.717, 1.165) is 5.56 Å². The standard InChI is InChI=1S/C16H22N2O2/c1-11(16(2,3)4)18-13(19)10-17-15(20)14(18)12-8-6-5-7-9-12/h5-9,11,14H,10H2,1-4H3,(H,17,20). The summed E-state index contributed by atoms with van der Waals surface area (Å²) in [6, 6.07) is 8.92. The summed E-state index contributed by atoms with van der Waals surface area (Å²) < 4.78 is 0. The zero-order chi connectivity index (χ0) is 14.9. The maximum atomic E-state index is 12.3. The van der Waals surface area contributed by atoms with Crippen LogP contribution in [0.25, 0.3) is 0 Å². The van der Waals surface area contributed by atoms with Crippen molar-refractivity contribution in [3.05, 3.63) is 35.9 Å². The molecule has 2 amide bonds. The molecule has 0 bridgehead atoms. The minimum Gasteiger partial charge on any atom is -0.345 e. The summed E-state index contributed by atoms with van der Waals surface area (Å²) >= 11 is 0. The lowest BCUT2D eigenvalue weighted by molar-refractivity contribution is -0.150. The van der Waals surface area contributed by atoms with Gasteiger partial charge in [0, 0.05) is 6.04 Å². The summed E-state index contributed by atoms with van der Waals surface area (Å²) in [5.74, 6) is -0.132. The minimum absolute atomic E-state index is 0.0220. The zero-order valence-electron chi connectivity index (χ0n) is 12.5. The van der Waals surface area contributed by atoms with Crippen LogP contribution in [-0.4, -0.2) is 29.3 Å². The van der Waals surface area contributed by atoms with Crippen LogP contribution in [0.5, 0.6) is 0 Å². The Balaban J connectivity index is 2.43. The molecule has 1 aliphatic heterocycles. The van der Waals surface area contributed by atoms with E-state index in [1.54, 1.807) is 4.90 Å². The molecule has 0 spiro atoms. The molecule has 0 saturated carbocycles. The van der Waals surface area contributed by atoms with Crippen molar-refractivity contribution < 1.29 is 9.59 Å². The lowest BCUT2D eigenvalue weighted by atomic mass is 9.84. The molecule has 1 aromatic rings. The first-order valence-electron chi connectivity index (χ1n) is 6.96. The number of amides is 2. The molecule has 2 rings (SSSR count). The van der Waals surface area contributed by atoms with Crippen molar-refractivity contribution in [3.63, 3.8) is 0 Å². The predicted molar refractivity (Wildman–Crippen MR) is 78.0 cm³/mol. The van der Waals surface area contributed by atoms with Gasteiger partial charge in [-0.2, -0.15) is 0 Å². The number of hydrogen-bond acceptors (Lipinski definition) is 2. The number of benzene rings is 1. The Morgan fingerprint density at radius 2 is 1.80 bits per heavy atom. The van der Waals surface area contributed by atoms with Gasteiger partial charge in [-0.15, -0.1) is 0 Å². The normalized spacial score (nSPS) is 21.6. The molecule has 2 unspecified atom stereocenters. The average Bonchev–Trinajstić information content (AvgIpc) is 2.40. The van der Waals surface area contributed by atoms with Crippen molar-refractivity contribution in [3.8, 4) is 0 Å². The lowest BCUT2D eigenvalue weighted by Crippen LogP contribution is -2.58. The van der Waals surface area contributed by atoms with E-state index in [-0.39, 0.29) is 29.8 Å². The minimum atomic E-state index is -0.535. The molecule has 0 radical (unpaired) electrons. The molecule has 2 atom stereocenters. The molecule has 4 nitrogen and oxygen atoms in total. The smallest absolute Gasteiger partial charge is 0.247 e. The van der Waals surface area contributed by atoms with Crippen molar-refractivity contribution in [2.75, 3.05) is 6.54 Å². The van der Waals surface area contributed by atoms with E-state index >= 15 is 0 Å². The number of carbonyl (C=O) groups excluding carboxylic acids is 2. The first-order chi connectivity index (χ1) is 9.32. The van der Waals surface area contributed by atoms with E-state index in [1.807, 2.05) is 37.3 Å². The molecule has 20 heavy (non-hydrogen) atoms. The van der Waals surface area contributed by atoms with Gasteiger partial charge in [-0.05, 0) is 17.9 Å². The van der Waals surface area contributed by atoms with Gasteiger partial charge in [-0.3, -0.25) is 9.59 Å². The third-order valence-electron chi connectivity index (χ3n) is 4.01.